The van der Waals surface area contributed by atoms with E-state index in [4.69, 9.17) is 5.11 Å². The fourth-order valence-electron chi connectivity index (χ4n) is 1.67. The molecule has 8 heteroatoms. The van der Waals surface area contributed by atoms with E-state index in [1.165, 1.54) is 16.7 Å². The van der Waals surface area contributed by atoms with Crippen molar-refractivity contribution in [2.75, 3.05) is 25.0 Å². The molecule has 20 heavy (non-hydrogen) atoms. The Labute approximate surface area is 120 Å². The number of aliphatic hydroxyl groups excluding tert-OH is 1. The highest BCUT2D eigenvalue weighted by atomic mass is 32.2. The van der Waals surface area contributed by atoms with Gasteiger partial charge in [-0.3, -0.25) is 0 Å². The second-order valence-corrected chi connectivity index (χ2v) is 6.49. The van der Waals surface area contributed by atoms with Gasteiger partial charge in [-0.15, -0.1) is 0 Å². The van der Waals surface area contributed by atoms with Crippen LogP contribution in [0.15, 0.2) is 17.3 Å². The van der Waals surface area contributed by atoms with Gasteiger partial charge in [0.05, 0.1) is 19.0 Å². The van der Waals surface area contributed by atoms with Crippen LogP contribution in [0.5, 0.6) is 0 Å². The molecule has 7 nitrogen and oxygen atoms in total. The van der Waals surface area contributed by atoms with E-state index in [1.807, 2.05) is 6.92 Å². The van der Waals surface area contributed by atoms with Crippen LogP contribution >= 0.6 is 0 Å². The van der Waals surface area contributed by atoms with Gasteiger partial charge in [-0.1, -0.05) is 6.92 Å². The fourth-order valence-corrected chi connectivity index (χ4v) is 3.19. The molecule has 0 saturated heterocycles. The topological polar surface area (TPSA) is 95.4 Å². The fraction of sp³-hybridized carbons (Fsp3) is 0.667. The van der Waals surface area contributed by atoms with Gasteiger partial charge < -0.3 is 10.4 Å². The molecule has 2 N–H and O–H groups in total. The minimum absolute atomic E-state index is 0.0294. The first-order chi connectivity index (χ1) is 9.43. The molecule has 1 aromatic heterocycles. The van der Waals surface area contributed by atoms with Crippen molar-refractivity contribution in [1.29, 1.82) is 0 Å². The van der Waals surface area contributed by atoms with Crippen molar-refractivity contribution in [3.8, 4) is 0 Å². The molecule has 1 rings (SSSR count). The second-order valence-electron chi connectivity index (χ2n) is 4.60. The van der Waals surface area contributed by atoms with Gasteiger partial charge in [-0.05, 0) is 20.3 Å². The molecule has 0 atom stereocenters. The van der Waals surface area contributed by atoms with E-state index >= 15 is 0 Å². The average Bonchev–Trinajstić information content (AvgIpc) is 2.42. The minimum atomic E-state index is -3.68. The van der Waals surface area contributed by atoms with Gasteiger partial charge in [0.2, 0.25) is 16.0 Å². The Bertz CT molecular complexity index is 502. The standard InChI is InChI=1S/C12H22N4O3S/c1-4-5-13-12-14-8-11(9-15-12)20(18,19)16(6-7-17)10(2)3/h8-10,17H,4-7H2,1-3H3,(H,13,14,15). The molecule has 0 aliphatic rings. The Kier molecular flexibility index (Phi) is 6.31. The Hall–Kier alpha value is -1.25. The zero-order chi connectivity index (χ0) is 15.2. The molecule has 0 amide bonds. The second kappa shape index (κ2) is 7.51. The molecule has 1 heterocycles. The molecule has 0 fully saturated rings. The quantitative estimate of drug-likeness (QED) is 0.733. The van der Waals surface area contributed by atoms with Crippen LogP contribution in [0.25, 0.3) is 0 Å². The monoisotopic (exact) mass is 302 g/mol. The Morgan fingerprint density at radius 3 is 2.40 bits per heavy atom. The normalized spacial score (nSPS) is 12.1. The van der Waals surface area contributed by atoms with Crippen molar-refractivity contribution < 1.29 is 13.5 Å². The van der Waals surface area contributed by atoms with E-state index < -0.39 is 10.0 Å². The first-order valence-corrected chi connectivity index (χ1v) is 8.06. The van der Waals surface area contributed by atoms with Crippen molar-refractivity contribution in [2.24, 2.45) is 0 Å². The molecular weight excluding hydrogens is 280 g/mol. The van der Waals surface area contributed by atoms with Crippen molar-refractivity contribution in [1.82, 2.24) is 14.3 Å². The SMILES string of the molecule is CCCNc1ncc(S(=O)(=O)N(CCO)C(C)C)cn1. The van der Waals surface area contributed by atoms with Crippen LogP contribution in [0.2, 0.25) is 0 Å². The minimum Gasteiger partial charge on any atom is -0.395 e. The molecular formula is C12H22N4O3S. The summed E-state index contributed by atoms with van der Waals surface area (Å²) in [5.41, 5.74) is 0. The summed E-state index contributed by atoms with van der Waals surface area (Å²) in [5, 5.41) is 12.0. The van der Waals surface area contributed by atoms with E-state index in [1.54, 1.807) is 13.8 Å². The van der Waals surface area contributed by atoms with E-state index in [0.717, 1.165) is 13.0 Å². The molecule has 0 aliphatic heterocycles. The number of aliphatic hydroxyl groups is 1. The summed E-state index contributed by atoms with van der Waals surface area (Å²) in [7, 11) is -3.68. The Morgan fingerprint density at radius 2 is 1.95 bits per heavy atom. The predicted molar refractivity (Wildman–Crippen MR) is 76.9 cm³/mol. The van der Waals surface area contributed by atoms with Gasteiger partial charge in [0.15, 0.2) is 0 Å². The molecule has 0 aromatic carbocycles. The largest absolute Gasteiger partial charge is 0.395 e. The third-order valence-corrected chi connectivity index (χ3v) is 4.69. The lowest BCUT2D eigenvalue weighted by Crippen LogP contribution is -2.39. The van der Waals surface area contributed by atoms with Gasteiger partial charge in [-0.25, -0.2) is 18.4 Å². The van der Waals surface area contributed by atoms with Crippen molar-refractivity contribution in [3.05, 3.63) is 12.4 Å². The van der Waals surface area contributed by atoms with E-state index in [9.17, 15) is 8.42 Å². The molecule has 0 aliphatic carbocycles. The van der Waals surface area contributed by atoms with Gasteiger partial charge in [0.1, 0.15) is 4.90 Å². The van der Waals surface area contributed by atoms with E-state index in [0.29, 0.717) is 5.95 Å². The maximum absolute atomic E-state index is 12.4. The number of aromatic nitrogens is 2. The molecule has 0 spiro atoms. The smallest absolute Gasteiger partial charge is 0.246 e. The number of nitrogens with zero attached hydrogens (tertiary/aromatic N) is 3. The lowest BCUT2D eigenvalue weighted by molar-refractivity contribution is 0.236. The summed E-state index contributed by atoms with van der Waals surface area (Å²) in [6.45, 7) is 6.08. The molecule has 0 saturated carbocycles. The molecule has 0 unspecified atom stereocenters. The van der Waals surface area contributed by atoms with Crippen LogP contribution in [0.1, 0.15) is 27.2 Å². The van der Waals surface area contributed by atoms with Gasteiger partial charge in [-0.2, -0.15) is 4.31 Å². The van der Waals surface area contributed by atoms with E-state index in [2.05, 4.69) is 15.3 Å². The lowest BCUT2D eigenvalue weighted by Gasteiger charge is -2.24. The number of anilines is 1. The van der Waals surface area contributed by atoms with Gasteiger partial charge in [0.25, 0.3) is 0 Å². The zero-order valence-electron chi connectivity index (χ0n) is 12.1. The van der Waals surface area contributed by atoms with Crippen LogP contribution < -0.4 is 5.32 Å². The zero-order valence-corrected chi connectivity index (χ0v) is 12.9. The van der Waals surface area contributed by atoms with Gasteiger partial charge in [0, 0.05) is 19.1 Å². The maximum atomic E-state index is 12.4. The first-order valence-electron chi connectivity index (χ1n) is 6.62. The number of rotatable bonds is 8. The summed E-state index contributed by atoms with van der Waals surface area (Å²) in [4.78, 5) is 8.02. The lowest BCUT2D eigenvalue weighted by atomic mass is 10.4. The number of hydrogen-bond donors (Lipinski definition) is 2. The molecule has 0 radical (unpaired) electrons. The highest BCUT2D eigenvalue weighted by Gasteiger charge is 2.27. The van der Waals surface area contributed by atoms with Crippen LogP contribution in [0.4, 0.5) is 5.95 Å². The molecule has 0 bridgehead atoms. The summed E-state index contributed by atoms with van der Waals surface area (Å²) >= 11 is 0. The predicted octanol–water partition coefficient (Wildman–Crippen LogP) is 0.690. The van der Waals surface area contributed by atoms with Crippen molar-refractivity contribution in [2.45, 2.75) is 38.1 Å². The van der Waals surface area contributed by atoms with Crippen molar-refractivity contribution in [3.63, 3.8) is 0 Å². The Balaban J connectivity index is 2.96. The van der Waals surface area contributed by atoms with Crippen molar-refractivity contribution >= 4 is 16.0 Å². The first kappa shape index (κ1) is 16.8. The highest BCUT2D eigenvalue weighted by Crippen LogP contribution is 2.17. The van der Waals surface area contributed by atoms with E-state index in [-0.39, 0.29) is 24.1 Å². The van der Waals surface area contributed by atoms with Crippen LogP contribution in [-0.2, 0) is 10.0 Å². The summed E-state index contributed by atoms with van der Waals surface area (Å²) in [5.74, 6) is 0.407. The number of hydrogen-bond acceptors (Lipinski definition) is 6. The molecule has 1 aromatic rings. The molecule has 114 valence electrons. The number of sulfonamides is 1. The van der Waals surface area contributed by atoms with Crippen LogP contribution in [0.3, 0.4) is 0 Å². The average molecular weight is 302 g/mol. The summed E-state index contributed by atoms with van der Waals surface area (Å²) in [6.07, 6.45) is 3.50. The van der Waals surface area contributed by atoms with Gasteiger partial charge >= 0.3 is 0 Å². The number of nitrogens with one attached hydrogen (secondary N) is 1. The van der Waals surface area contributed by atoms with Crippen LogP contribution in [-0.4, -0.2) is 53.5 Å². The third kappa shape index (κ3) is 4.12. The summed E-state index contributed by atoms with van der Waals surface area (Å²) in [6, 6.07) is -0.245. The summed E-state index contributed by atoms with van der Waals surface area (Å²) < 4.78 is 26.0. The maximum Gasteiger partial charge on any atom is 0.246 e. The Morgan fingerprint density at radius 1 is 1.35 bits per heavy atom. The third-order valence-electron chi connectivity index (χ3n) is 2.66. The van der Waals surface area contributed by atoms with Crippen LogP contribution in [0, 0.1) is 0 Å². The highest BCUT2D eigenvalue weighted by molar-refractivity contribution is 7.89.